The highest BCUT2D eigenvalue weighted by molar-refractivity contribution is 7.19. The molecule has 1 heterocycles. The van der Waals surface area contributed by atoms with Crippen molar-refractivity contribution in [3.8, 4) is 16.8 Å². The van der Waals surface area contributed by atoms with Gasteiger partial charge in [-0.2, -0.15) is 0 Å². The van der Waals surface area contributed by atoms with E-state index < -0.39 is 8.07 Å². The van der Waals surface area contributed by atoms with E-state index in [2.05, 4.69) is 264 Å². The van der Waals surface area contributed by atoms with Gasteiger partial charge in [-0.3, -0.25) is 0 Å². The number of benzene rings is 10. The zero-order chi connectivity index (χ0) is 40.6. The summed E-state index contributed by atoms with van der Waals surface area (Å²) in [5.41, 5.74) is 9.25. The summed E-state index contributed by atoms with van der Waals surface area (Å²) in [7, 11) is -2.61. The van der Waals surface area contributed by atoms with Crippen LogP contribution < -0.4 is 25.6 Å². The summed E-state index contributed by atoms with van der Waals surface area (Å²) >= 11 is 0. The summed E-state index contributed by atoms with van der Waals surface area (Å²) in [6.07, 6.45) is 0. The van der Waals surface area contributed by atoms with Crippen molar-refractivity contribution in [3.05, 3.63) is 255 Å². The quantitative estimate of drug-likeness (QED) is 0.104. The van der Waals surface area contributed by atoms with Gasteiger partial charge in [0.15, 0.2) is 8.07 Å². The number of fused-ring (bicyclic) bond motifs is 4. The molecular formula is C58H42N2Si. The van der Waals surface area contributed by atoms with Crippen molar-refractivity contribution in [2.24, 2.45) is 0 Å². The Labute approximate surface area is 357 Å². The van der Waals surface area contributed by atoms with Crippen molar-refractivity contribution in [2.45, 2.75) is 0 Å². The fourth-order valence-corrected chi connectivity index (χ4v) is 14.2. The second-order valence-electron chi connectivity index (χ2n) is 15.7. The van der Waals surface area contributed by atoms with Gasteiger partial charge in [-0.15, -0.1) is 0 Å². The van der Waals surface area contributed by atoms with Crippen LogP contribution in [0.5, 0.6) is 0 Å². The first-order valence-electron chi connectivity index (χ1n) is 21.0. The van der Waals surface area contributed by atoms with E-state index in [4.69, 9.17) is 0 Å². The van der Waals surface area contributed by atoms with Crippen LogP contribution in [0.25, 0.3) is 49.4 Å². The zero-order valence-corrected chi connectivity index (χ0v) is 34.6. The van der Waals surface area contributed by atoms with Crippen molar-refractivity contribution in [2.75, 3.05) is 4.90 Å². The lowest BCUT2D eigenvalue weighted by molar-refractivity contribution is 1.18. The Hall–Kier alpha value is -7.72. The Bertz CT molecular complexity index is 3170. The monoisotopic (exact) mass is 794 g/mol. The van der Waals surface area contributed by atoms with Gasteiger partial charge in [0.2, 0.25) is 0 Å². The fourth-order valence-electron chi connectivity index (χ4n) is 9.50. The topological polar surface area (TPSA) is 8.17 Å². The molecule has 0 amide bonds. The van der Waals surface area contributed by atoms with Crippen LogP contribution in [0.4, 0.5) is 17.1 Å². The lowest BCUT2D eigenvalue weighted by Gasteiger charge is -2.34. The number of rotatable bonds is 9. The summed E-state index contributed by atoms with van der Waals surface area (Å²) < 4.78 is 2.38. The lowest BCUT2D eigenvalue weighted by Crippen LogP contribution is -2.74. The SMILES string of the molecule is c1ccc(-n2c3ccccc3c3cc(N(c4ccc(-c5ccc([Si](c6ccccc6)(c6ccccc6)c6ccccc6)cc5)cc4)c4ccc5ccccc5c4)ccc32)cc1. The summed E-state index contributed by atoms with van der Waals surface area (Å²) in [4.78, 5) is 2.40. The van der Waals surface area contributed by atoms with Crippen molar-refractivity contribution in [3.63, 3.8) is 0 Å². The number of hydrogen-bond donors (Lipinski definition) is 0. The summed E-state index contributed by atoms with van der Waals surface area (Å²) in [5.74, 6) is 0. The molecule has 0 saturated carbocycles. The van der Waals surface area contributed by atoms with Gasteiger partial charge in [0.25, 0.3) is 0 Å². The highest BCUT2D eigenvalue weighted by atomic mass is 28.3. The van der Waals surface area contributed by atoms with Crippen LogP contribution in [0.1, 0.15) is 0 Å². The summed E-state index contributed by atoms with van der Waals surface area (Å²) in [6, 6.07) is 93.6. The van der Waals surface area contributed by atoms with Gasteiger partial charge < -0.3 is 9.47 Å². The van der Waals surface area contributed by atoms with Gasteiger partial charge >= 0.3 is 0 Å². The third-order valence-electron chi connectivity index (χ3n) is 12.3. The van der Waals surface area contributed by atoms with Gasteiger partial charge in [-0.25, -0.2) is 0 Å². The third kappa shape index (κ3) is 6.35. The molecule has 0 N–H and O–H groups in total. The van der Waals surface area contributed by atoms with Crippen molar-refractivity contribution < 1.29 is 0 Å². The molecule has 288 valence electrons. The Balaban J connectivity index is 1.02. The molecule has 3 heteroatoms. The molecule has 0 aliphatic heterocycles. The Morgan fingerprint density at radius 3 is 1.36 bits per heavy atom. The predicted octanol–water partition coefficient (Wildman–Crippen LogP) is 12.5. The first-order chi connectivity index (χ1) is 30.3. The van der Waals surface area contributed by atoms with Crippen molar-refractivity contribution in [1.29, 1.82) is 0 Å². The van der Waals surface area contributed by atoms with Crippen LogP contribution in [0, 0.1) is 0 Å². The first-order valence-corrected chi connectivity index (χ1v) is 23.0. The highest BCUT2D eigenvalue weighted by Gasteiger charge is 2.41. The molecule has 2 nitrogen and oxygen atoms in total. The Morgan fingerprint density at radius 1 is 0.295 bits per heavy atom. The third-order valence-corrected chi connectivity index (χ3v) is 17.1. The van der Waals surface area contributed by atoms with Gasteiger partial charge in [0.05, 0.1) is 11.0 Å². The minimum absolute atomic E-state index is 1.10. The van der Waals surface area contributed by atoms with E-state index in [1.807, 2.05) is 0 Å². The second kappa shape index (κ2) is 15.5. The second-order valence-corrected chi connectivity index (χ2v) is 19.5. The molecule has 0 fully saturated rings. The smallest absolute Gasteiger partial charge is 0.179 e. The molecule has 0 spiro atoms. The van der Waals surface area contributed by atoms with Crippen LogP contribution in [0.15, 0.2) is 255 Å². The molecule has 0 bridgehead atoms. The molecule has 0 aliphatic rings. The van der Waals surface area contributed by atoms with Crippen LogP contribution >= 0.6 is 0 Å². The van der Waals surface area contributed by atoms with E-state index in [0.29, 0.717) is 0 Å². The van der Waals surface area contributed by atoms with E-state index in [1.54, 1.807) is 0 Å². The minimum atomic E-state index is -2.61. The fraction of sp³-hybridized carbons (Fsp3) is 0. The molecule has 0 radical (unpaired) electrons. The van der Waals surface area contributed by atoms with E-state index >= 15 is 0 Å². The molecule has 0 atom stereocenters. The van der Waals surface area contributed by atoms with E-state index in [0.717, 1.165) is 22.7 Å². The van der Waals surface area contributed by atoms with Crippen LogP contribution in [-0.2, 0) is 0 Å². The number of anilines is 3. The maximum Gasteiger partial charge on any atom is 0.179 e. The van der Waals surface area contributed by atoms with Gasteiger partial charge in [0.1, 0.15) is 0 Å². The van der Waals surface area contributed by atoms with E-state index in [-0.39, 0.29) is 0 Å². The molecule has 11 aromatic rings. The molecule has 0 aliphatic carbocycles. The van der Waals surface area contributed by atoms with Crippen LogP contribution in [0.3, 0.4) is 0 Å². The highest BCUT2D eigenvalue weighted by Crippen LogP contribution is 2.41. The van der Waals surface area contributed by atoms with E-state index in [1.165, 1.54) is 64.5 Å². The van der Waals surface area contributed by atoms with Crippen molar-refractivity contribution >= 4 is 78.5 Å². The molecular weight excluding hydrogens is 753 g/mol. The number of nitrogens with zero attached hydrogens (tertiary/aromatic N) is 2. The number of hydrogen-bond acceptors (Lipinski definition) is 1. The molecule has 0 unspecified atom stereocenters. The summed E-state index contributed by atoms with van der Waals surface area (Å²) in [5, 5.41) is 10.4. The maximum absolute atomic E-state index is 2.61. The predicted molar refractivity (Wildman–Crippen MR) is 262 cm³/mol. The van der Waals surface area contributed by atoms with Crippen LogP contribution in [0.2, 0.25) is 0 Å². The number of aromatic nitrogens is 1. The normalized spacial score (nSPS) is 11.6. The Morgan fingerprint density at radius 2 is 0.738 bits per heavy atom. The average molecular weight is 795 g/mol. The number of para-hydroxylation sites is 2. The maximum atomic E-state index is 2.40. The van der Waals surface area contributed by atoms with Crippen molar-refractivity contribution in [1.82, 2.24) is 4.57 Å². The minimum Gasteiger partial charge on any atom is -0.310 e. The molecule has 11 rings (SSSR count). The molecule has 1 aromatic heterocycles. The van der Waals surface area contributed by atoms with Gasteiger partial charge in [0, 0.05) is 33.5 Å². The standard InChI is InChI=1S/C58H42N2Si/c1-5-19-47(20-6-1)60-57-28-16-15-27-55(57)56-42-50(37-40-58(56)60)59(49-36-31-43-17-13-14-18-46(43)41-49)48-34-29-44(30-35-48)45-32-38-54(39-33-45)61(51-21-7-2-8-22-51,52-23-9-3-10-24-52)53-25-11-4-12-26-53/h1-42H. The summed E-state index contributed by atoms with van der Waals surface area (Å²) in [6.45, 7) is 0. The molecule has 10 aromatic carbocycles. The van der Waals surface area contributed by atoms with E-state index in [9.17, 15) is 0 Å². The average Bonchev–Trinajstić information content (AvgIpc) is 3.67. The van der Waals surface area contributed by atoms with Gasteiger partial charge in [-0.05, 0) is 103 Å². The lowest BCUT2D eigenvalue weighted by atomic mass is 10.0. The largest absolute Gasteiger partial charge is 0.310 e. The molecule has 0 saturated heterocycles. The molecule has 61 heavy (non-hydrogen) atoms. The van der Waals surface area contributed by atoms with Gasteiger partial charge in [-0.1, -0.05) is 194 Å². The first kappa shape index (κ1) is 36.4. The zero-order valence-electron chi connectivity index (χ0n) is 33.6. The Kier molecular flexibility index (Phi) is 9.22. The van der Waals surface area contributed by atoms with Crippen LogP contribution in [-0.4, -0.2) is 12.6 Å².